The fourth-order valence-electron chi connectivity index (χ4n) is 2.59. The third kappa shape index (κ3) is 3.85. The second-order valence-corrected chi connectivity index (χ2v) is 8.31. The van der Waals surface area contributed by atoms with Crippen molar-refractivity contribution in [2.75, 3.05) is 6.54 Å². The minimum absolute atomic E-state index is 0.0299. The maximum atomic E-state index is 13.5. The van der Waals surface area contributed by atoms with Gasteiger partial charge in [0.25, 0.3) is 0 Å². The summed E-state index contributed by atoms with van der Waals surface area (Å²) in [5, 5.41) is 9.09. The fraction of sp³-hybridized carbons (Fsp3) is 0.500. The van der Waals surface area contributed by atoms with Crippen LogP contribution in [0.3, 0.4) is 0 Å². The van der Waals surface area contributed by atoms with Gasteiger partial charge in [-0.15, -0.1) is 0 Å². The van der Waals surface area contributed by atoms with Crippen LogP contribution in [-0.4, -0.2) is 36.4 Å². The van der Waals surface area contributed by atoms with Crippen LogP contribution < -0.4 is 0 Å². The lowest BCUT2D eigenvalue weighted by Gasteiger charge is -2.35. The van der Waals surface area contributed by atoms with E-state index >= 15 is 0 Å². The standard InChI is InChI=1S/C14H17BrFNO4S/c1-9-2-4-11(14(18)19)7-17(9)22(20,21)8-10-3-5-12(15)13(16)6-10/h3,5-6,9,11H,2,4,7-8H2,1H3,(H,18,19). The van der Waals surface area contributed by atoms with Gasteiger partial charge in [-0.25, -0.2) is 12.8 Å². The molecule has 1 aliphatic heterocycles. The van der Waals surface area contributed by atoms with Crippen LogP contribution in [-0.2, 0) is 20.6 Å². The molecule has 2 atom stereocenters. The zero-order chi connectivity index (χ0) is 16.5. The molecule has 2 rings (SSSR count). The molecule has 1 aromatic rings. The number of piperidine rings is 1. The van der Waals surface area contributed by atoms with Gasteiger partial charge in [-0.2, -0.15) is 4.31 Å². The van der Waals surface area contributed by atoms with Crippen molar-refractivity contribution in [2.45, 2.75) is 31.6 Å². The topological polar surface area (TPSA) is 74.7 Å². The molecule has 122 valence electrons. The first-order valence-corrected chi connectivity index (χ1v) is 9.27. The molecule has 1 heterocycles. The van der Waals surface area contributed by atoms with Gasteiger partial charge in [0.15, 0.2) is 0 Å². The Morgan fingerprint density at radius 2 is 2.14 bits per heavy atom. The number of benzene rings is 1. The second-order valence-electron chi connectivity index (χ2n) is 5.54. The average Bonchev–Trinajstić information content (AvgIpc) is 2.42. The lowest BCUT2D eigenvalue weighted by molar-refractivity contribution is -0.143. The van der Waals surface area contributed by atoms with Crippen molar-refractivity contribution < 1.29 is 22.7 Å². The summed E-state index contributed by atoms with van der Waals surface area (Å²) in [6.45, 7) is 1.73. The highest BCUT2D eigenvalue weighted by Crippen LogP contribution is 2.27. The van der Waals surface area contributed by atoms with E-state index in [0.29, 0.717) is 18.4 Å². The summed E-state index contributed by atoms with van der Waals surface area (Å²) in [4.78, 5) is 11.1. The fourth-order valence-corrected chi connectivity index (χ4v) is 4.66. The number of halogens is 2. The molecule has 0 spiro atoms. The first-order chi connectivity index (χ1) is 10.2. The Balaban J connectivity index is 2.20. The predicted octanol–water partition coefficient (Wildman–Crippen LogP) is 2.60. The number of carbonyl (C=O) groups is 1. The van der Waals surface area contributed by atoms with Gasteiger partial charge in [-0.05, 0) is 53.4 Å². The Hall–Kier alpha value is -0.990. The highest BCUT2D eigenvalue weighted by molar-refractivity contribution is 9.10. The molecule has 0 amide bonds. The Morgan fingerprint density at radius 1 is 1.45 bits per heavy atom. The van der Waals surface area contributed by atoms with E-state index in [-0.39, 0.29) is 22.8 Å². The lowest BCUT2D eigenvalue weighted by Crippen LogP contribution is -2.47. The predicted molar refractivity (Wildman–Crippen MR) is 83.3 cm³/mol. The Labute approximate surface area is 137 Å². The lowest BCUT2D eigenvalue weighted by atomic mass is 9.96. The van der Waals surface area contributed by atoms with Crippen molar-refractivity contribution in [3.8, 4) is 0 Å². The van der Waals surface area contributed by atoms with Gasteiger partial charge in [0.1, 0.15) is 5.82 Å². The van der Waals surface area contributed by atoms with Gasteiger partial charge in [-0.3, -0.25) is 4.79 Å². The first-order valence-electron chi connectivity index (χ1n) is 6.87. The summed E-state index contributed by atoms with van der Waals surface area (Å²) in [6.07, 6.45) is 0.973. The monoisotopic (exact) mass is 393 g/mol. The Bertz CT molecular complexity index is 679. The number of sulfonamides is 1. The van der Waals surface area contributed by atoms with E-state index in [1.54, 1.807) is 6.92 Å². The van der Waals surface area contributed by atoms with E-state index in [9.17, 15) is 17.6 Å². The largest absolute Gasteiger partial charge is 0.481 e. The van der Waals surface area contributed by atoms with E-state index in [4.69, 9.17) is 5.11 Å². The number of hydrogen-bond donors (Lipinski definition) is 1. The Kier molecular flexibility index (Phi) is 5.24. The first kappa shape index (κ1) is 17.4. The minimum Gasteiger partial charge on any atom is -0.481 e. The number of rotatable bonds is 4. The van der Waals surface area contributed by atoms with Crippen molar-refractivity contribution >= 4 is 31.9 Å². The summed E-state index contributed by atoms with van der Waals surface area (Å²) in [5.41, 5.74) is 0.338. The number of aliphatic carboxylic acids is 1. The zero-order valence-corrected chi connectivity index (χ0v) is 14.4. The van der Waals surface area contributed by atoms with Crippen molar-refractivity contribution in [2.24, 2.45) is 5.92 Å². The van der Waals surface area contributed by atoms with Crippen molar-refractivity contribution in [1.29, 1.82) is 0 Å². The van der Waals surface area contributed by atoms with Gasteiger partial charge in [0.05, 0.1) is 16.1 Å². The molecule has 0 bridgehead atoms. The van der Waals surface area contributed by atoms with Gasteiger partial charge < -0.3 is 5.11 Å². The average molecular weight is 394 g/mol. The van der Waals surface area contributed by atoms with E-state index in [2.05, 4.69) is 15.9 Å². The molecule has 22 heavy (non-hydrogen) atoms. The van der Waals surface area contributed by atoms with E-state index in [1.165, 1.54) is 22.5 Å². The number of nitrogens with zero attached hydrogens (tertiary/aromatic N) is 1. The molecule has 1 N–H and O–H groups in total. The summed E-state index contributed by atoms with van der Waals surface area (Å²) in [7, 11) is -3.69. The smallest absolute Gasteiger partial charge is 0.307 e. The molecule has 2 unspecified atom stereocenters. The molecule has 1 saturated heterocycles. The van der Waals surface area contributed by atoms with Gasteiger partial charge in [0, 0.05) is 12.6 Å². The molecule has 0 radical (unpaired) electrons. The van der Waals surface area contributed by atoms with Crippen LogP contribution in [0.15, 0.2) is 22.7 Å². The minimum atomic E-state index is -3.69. The zero-order valence-electron chi connectivity index (χ0n) is 12.0. The maximum absolute atomic E-state index is 13.5. The summed E-state index contributed by atoms with van der Waals surface area (Å²) in [5.74, 6) is -2.54. The van der Waals surface area contributed by atoms with E-state index in [0.717, 1.165) is 0 Å². The molecule has 1 aromatic carbocycles. The summed E-state index contributed by atoms with van der Waals surface area (Å²) < 4.78 is 40.1. The van der Waals surface area contributed by atoms with Gasteiger partial charge in [-0.1, -0.05) is 6.07 Å². The van der Waals surface area contributed by atoms with Crippen molar-refractivity contribution in [1.82, 2.24) is 4.31 Å². The van der Waals surface area contributed by atoms with Crippen molar-refractivity contribution in [3.63, 3.8) is 0 Å². The SMILES string of the molecule is CC1CCC(C(=O)O)CN1S(=O)(=O)Cc1ccc(Br)c(F)c1. The molecular formula is C14H17BrFNO4S. The Morgan fingerprint density at radius 3 is 2.73 bits per heavy atom. The number of hydrogen-bond acceptors (Lipinski definition) is 3. The van der Waals surface area contributed by atoms with Gasteiger partial charge >= 0.3 is 5.97 Å². The van der Waals surface area contributed by atoms with Crippen LogP contribution in [0.25, 0.3) is 0 Å². The molecule has 0 saturated carbocycles. The van der Waals surface area contributed by atoms with Crippen LogP contribution in [0.2, 0.25) is 0 Å². The molecule has 1 aliphatic rings. The summed E-state index contributed by atoms with van der Waals surface area (Å²) in [6, 6.07) is 3.92. The maximum Gasteiger partial charge on any atom is 0.307 e. The third-order valence-electron chi connectivity index (χ3n) is 3.86. The van der Waals surface area contributed by atoms with Crippen molar-refractivity contribution in [3.05, 3.63) is 34.1 Å². The normalized spacial score (nSPS) is 23.4. The second kappa shape index (κ2) is 6.64. The molecule has 0 aromatic heterocycles. The van der Waals surface area contributed by atoms with Crippen LogP contribution in [0.1, 0.15) is 25.3 Å². The van der Waals surface area contributed by atoms with Crippen LogP contribution in [0, 0.1) is 11.7 Å². The molecular weight excluding hydrogens is 377 g/mol. The highest BCUT2D eigenvalue weighted by Gasteiger charge is 2.36. The molecule has 1 fully saturated rings. The molecule has 0 aliphatic carbocycles. The van der Waals surface area contributed by atoms with Crippen LogP contribution in [0.5, 0.6) is 0 Å². The van der Waals surface area contributed by atoms with Gasteiger partial charge in [0.2, 0.25) is 10.0 Å². The third-order valence-corrected chi connectivity index (χ3v) is 6.43. The van der Waals surface area contributed by atoms with E-state index < -0.39 is 27.7 Å². The van der Waals surface area contributed by atoms with E-state index in [1.807, 2.05) is 0 Å². The van der Waals surface area contributed by atoms with Crippen LogP contribution in [0.4, 0.5) is 4.39 Å². The quantitative estimate of drug-likeness (QED) is 0.852. The summed E-state index contributed by atoms with van der Waals surface area (Å²) >= 11 is 3.02. The highest BCUT2D eigenvalue weighted by atomic mass is 79.9. The number of carboxylic acid groups (broad SMARTS) is 1. The number of carboxylic acids is 1. The molecule has 8 heteroatoms. The van der Waals surface area contributed by atoms with Crippen LogP contribution >= 0.6 is 15.9 Å². The molecule has 5 nitrogen and oxygen atoms in total.